The van der Waals surface area contributed by atoms with Crippen LogP contribution in [-0.4, -0.2) is 24.5 Å². The summed E-state index contributed by atoms with van der Waals surface area (Å²) < 4.78 is 5.00. The molecule has 25 heavy (non-hydrogen) atoms. The van der Waals surface area contributed by atoms with E-state index in [9.17, 15) is 19.5 Å². The molecule has 0 unspecified atom stereocenters. The van der Waals surface area contributed by atoms with Crippen LogP contribution in [0.25, 0.3) is 0 Å². The first-order valence-corrected chi connectivity index (χ1v) is 9.00. The molecular formula is C18H22NO5S-. The second-order valence-electron chi connectivity index (χ2n) is 6.31. The fourth-order valence-electron chi connectivity index (χ4n) is 2.99. The third kappa shape index (κ3) is 4.28. The van der Waals surface area contributed by atoms with Crippen LogP contribution < -0.4 is 10.4 Å². The Hall–Kier alpha value is -2.15. The van der Waals surface area contributed by atoms with Crippen LogP contribution in [0.2, 0.25) is 0 Å². The van der Waals surface area contributed by atoms with Crippen molar-refractivity contribution in [1.82, 2.24) is 0 Å². The van der Waals surface area contributed by atoms with E-state index in [0.29, 0.717) is 23.4 Å². The van der Waals surface area contributed by atoms with E-state index in [1.165, 1.54) is 11.3 Å². The zero-order valence-corrected chi connectivity index (χ0v) is 15.6. The molecule has 1 aliphatic carbocycles. The molecule has 1 amide bonds. The van der Waals surface area contributed by atoms with E-state index in [0.717, 1.165) is 16.0 Å². The first kappa shape index (κ1) is 19.2. The number of hydrogen-bond acceptors (Lipinski definition) is 6. The lowest BCUT2D eigenvalue weighted by molar-refractivity contribution is -0.313. The van der Waals surface area contributed by atoms with Crippen molar-refractivity contribution in [2.45, 2.75) is 40.5 Å². The number of amides is 1. The molecule has 6 nitrogen and oxygen atoms in total. The number of anilines is 1. The smallest absolute Gasteiger partial charge is 0.341 e. The van der Waals surface area contributed by atoms with Gasteiger partial charge in [-0.05, 0) is 46.6 Å². The van der Waals surface area contributed by atoms with Crippen LogP contribution in [0.4, 0.5) is 5.00 Å². The standard InChI is InChI=1S/C18H23NO5S/c1-5-24-18(23)14-8-11(4)25-16(14)19-15(20)12-6-9(2)10(3)7-13(12)17(21)22/h8,12-13H,5-7H2,1-4H3,(H,19,20)(H,21,22)/p-1/t12-,13+/m0/s1. The molecule has 0 radical (unpaired) electrons. The molecule has 0 saturated heterocycles. The fourth-order valence-corrected chi connectivity index (χ4v) is 3.89. The summed E-state index contributed by atoms with van der Waals surface area (Å²) in [6, 6.07) is 1.66. The summed E-state index contributed by atoms with van der Waals surface area (Å²) in [6.07, 6.45) is 0.676. The zero-order valence-electron chi connectivity index (χ0n) is 14.8. The number of carbonyl (C=O) groups excluding carboxylic acids is 3. The van der Waals surface area contributed by atoms with Gasteiger partial charge in [0.15, 0.2) is 0 Å². The van der Waals surface area contributed by atoms with Gasteiger partial charge >= 0.3 is 5.97 Å². The molecule has 1 aromatic rings. The number of ether oxygens (including phenoxy) is 1. The molecule has 2 atom stereocenters. The summed E-state index contributed by atoms with van der Waals surface area (Å²) in [6.45, 7) is 7.55. The highest BCUT2D eigenvalue weighted by molar-refractivity contribution is 7.16. The third-order valence-corrected chi connectivity index (χ3v) is 5.46. The highest BCUT2D eigenvalue weighted by atomic mass is 32.1. The van der Waals surface area contributed by atoms with E-state index < -0.39 is 29.7 Å². The molecule has 0 fully saturated rings. The van der Waals surface area contributed by atoms with Crippen molar-refractivity contribution in [3.8, 4) is 0 Å². The molecular weight excluding hydrogens is 342 g/mol. The predicted molar refractivity (Wildman–Crippen MR) is 93.2 cm³/mol. The molecule has 0 aromatic carbocycles. The average molecular weight is 364 g/mol. The van der Waals surface area contributed by atoms with E-state index >= 15 is 0 Å². The molecule has 0 spiro atoms. The minimum Gasteiger partial charge on any atom is -0.550 e. The van der Waals surface area contributed by atoms with E-state index in [2.05, 4.69) is 5.32 Å². The summed E-state index contributed by atoms with van der Waals surface area (Å²) in [5, 5.41) is 14.6. The van der Waals surface area contributed by atoms with Crippen LogP contribution in [0.3, 0.4) is 0 Å². The maximum absolute atomic E-state index is 12.7. The van der Waals surface area contributed by atoms with E-state index in [1.54, 1.807) is 13.0 Å². The summed E-state index contributed by atoms with van der Waals surface area (Å²) in [5.41, 5.74) is 2.30. The number of carboxylic acid groups (broad SMARTS) is 1. The van der Waals surface area contributed by atoms with Gasteiger partial charge in [0, 0.05) is 16.8 Å². The summed E-state index contributed by atoms with van der Waals surface area (Å²) in [4.78, 5) is 37.0. The lowest BCUT2D eigenvalue weighted by Crippen LogP contribution is -2.42. The Kier molecular flexibility index (Phi) is 6.00. The number of carbonyl (C=O) groups is 3. The van der Waals surface area contributed by atoms with E-state index in [4.69, 9.17) is 4.74 Å². The number of aryl methyl sites for hydroxylation is 1. The minimum atomic E-state index is -1.22. The van der Waals surface area contributed by atoms with Gasteiger partial charge in [0.05, 0.1) is 18.1 Å². The Morgan fingerprint density at radius 2 is 1.80 bits per heavy atom. The minimum absolute atomic E-state index is 0.236. The summed E-state index contributed by atoms with van der Waals surface area (Å²) in [5.74, 6) is -3.72. The largest absolute Gasteiger partial charge is 0.550 e. The second kappa shape index (κ2) is 7.82. The van der Waals surface area contributed by atoms with E-state index in [1.807, 2.05) is 20.8 Å². The molecule has 0 saturated carbocycles. The topological polar surface area (TPSA) is 95.5 Å². The van der Waals surface area contributed by atoms with Gasteiger partial charge in [-0.25, -0.2) is 4.79 Å². The molecule has 7 heteroatoms. The summed E-state index contributed by atoms with van der Waals surface area (Å²) >= 11 is 1.26. The van der Waals surface area contributed by atoms with Crippen LogP contribution in [0.15, 0.2) is 17.2 Å². The van der Waals surface area contributed by atoms with Crippen LogP contribution in [-0.2, 0) is 14.3 Å². The molecule has 1 aromatic heterocycles. The number of nitrogens with one attached hydrogen (secondary N) is 1. The molecule has 1 aliphatic rings. The number of hydrogen-bond donors (Lipinski definition) is 1. The van der Waals surface area contributed by atoms with Crippen molar-refractivity contribution in [3.63, 3.8) is 0 Å². The Morgan fingerprint density at radius 1 is 1.20 bits per heavy atom. The van der Waals surface area contributed by atoms with Crippen LogP contribution >= 0.6 is 11.3 Å². The SMILES string of the molecule is CCOC(=O)c1cc(C)sc1NC(=O)[C@H]1CC(C)=C(C)C[C@H]1C(=O)[O-]. The Balaban J connectivity index is 2.24. The molecule has 1 N–H and O–H groups in total. The van der Waals surface area contributed by atoms with Gasteiger partial charge in [-0.15, -0.1) is 11.3 Å². The Labute approximate surface area is 150 Å². The molecule has 1 heterocycles. The fraction of sp³-hybridized carbons (Fsp3) is 0.500. The van der Waals surface area contributed by atoms with Gasteiger partial charge in [-0.2, -0.15) is 0 Å². The molecule has 0 bridgehead atoms. The maximum atomic E-state index is 12.7. The lowest BCUT2D eigenvalue weighted by atomic mass is 9.76. The van der Waals surface area contributed by atoms with Gasteiger partial charge < -0.3 is 20.0 Å². The lowest BCUT2D eigenvalue weighted by Gasteiger charge is -2.32. The van der Waals surface area contributed by atoms with Crippen LogP contribution in [0.1, 0.15) is 48.8 Å². The van der Waals surface area contributed by atoms with Gasteiger partial charge in [0.1, 0.15) is 5.00 Å². The van der Waals surface area contributed by atoms with Crippen LogP contribution in [0, 0.1) is 18.8 Å². The van der Waals surface area contributed by atoms with Gasteiger partial charge in [-0.3, -0.25) is 4.79 Å². The average Bonchev–Trinajstić information content (AvgIpc) is 2.90. The molecule has 0 aliphatic heterocycles. The first-order valence-electron chi connectivity index (χ1n) is 8.19. The second-order valence-corrected chi connectivity index (χ2v) is 7.57. The number of aliphatic carboxylic acids is 1. The summed E-state index contributed by atoms with van der Waals surface area (Å²) in [7, 11) is 0. The van der Waals surface area contributed by atoms with Gasteiger partial charge in [0.2, 0.25) is 5.91 Å². The number of esters is 1. The van der Waals surface area contributed by atoms with Crippen molar-refractivity contribution in [2.75, 3.05) is 11.9 Å². The number of carboxylic acids is 1. The van der Waals surface area contributed by atoms with Crippen molar-refractivity contribution in [2.24, 2.45) is 11.8 Å². The maximum Gasteiger partial charge on any atom is 0.341 e. The third-order valence-electron chi connectivity index (χ3n) is 4.49. The van der Waals surface area contributed by atoms with Crippen molar-refractivity contribution >= 4 is 34.2 Å². The van der Waals surface area contributed by atoms with Crippen LogP contribution in [0.5, 0.6) is 0 Å². The highest BCUT2D eigenvalue weighted by Crippen LogP contribution is 2.36. The van der Waals surface area contributed by atoms with Crippen molar-refractivity contribution < 1.29 is 24.2 Å². The normalized spacial score (nSPS) is 20.3. The number of rotatable bonds is 5. The Bertz CT molecular complexity index is 734. The molecule has 136 valence electrons. The zero-order chi connectivity index (χ0) is 18.7. The molecule has 2 rings (SSSR count). The number of thiophene rings is 1. The van der Waals surface area contributed by atoms with Crippen molar-refractivity contribution in [3.05, 3.63) is 27.7 Å². The Morgan fingerprint density at radius 3 is 2.36 bits per heavy atom. The van der Waals surface area contributed by atoms with Gasteiger partial charge in [-0.1, -0.05) is 11.1 Å². The first-order chi connectivity index (χ1) is 11.7. The van der Waals surface area contributed by atoms with Crippen molar-refractivity contribution in [1.29, 1.82) is 0 Å². The van der Waals surface area contributed by atoms with E-state index in [-0.39, 0.29) is 6.61 Å². The monoisotopic (exact) mass is 364 g/mol. The number of allylic oxidation sites excluding steroid dienone is 2. The van der Waals surface area contributed by atoms with Gasteiger partial charge in [0.25, 0.3) is 0 Å². The highest BCUT2D eigenvalue weighted by Gasteiger charge is 2.34. The quantitative estimate of drug-likeness (QED) is 0.639. The predicted octanol–water partition coefficient (Wildman–Crippen LogP) is 2.28.